The number of hydrogen-bond acceptors (Lipinski definition) is 4. The first-order valence-electron chi connectivity index (χ1n) is 9.35. The average molecular weight is 417 g/mol. The van der Waals surface area contributed by atoms with Crippen LogP contribution < -0.4 is 0 Å². The highest BCUT2D eigenvalue weighted by atomic mass is 16.4. The number of aliphatic carboxylic acids is 2. The molecule has 0 aliphatic heterocycles. The molecule has 2 aromatic carbocycles. The number of nitriles is 1. The van der Waals surface area contributed by atoms with Gasteiger partial charge in [0.2, 0.25) is 0 Å². The highest BCUT2D eigenvalue weighted by molar-refractivity contribution is 6.04. The van der Waals surface area contributed by atoms with E-state index < -0.39 is 24.4 Å². The lowest BCUT2D eigenvalue weighted by molar-refractivity contribution is -0.143. The summed E-state index contributed by atoms with van der Waals surface area (Å²) in [6.45, 7) is -0.803. The number of nitrogens with zero attached hydrogens (tertiary/aromatic N) is 3. The van der Waals surface area contributed by atoms with Crippen LogP contribution in [-0.2, 0) is 27.5 Å². The van der Waals surface area contributed by atoms with Crippen LogP contribution in [0.25, 0.3) is 17.0 Å². The Morgan fingerprint density at radius 2 is 1.68 bits per heavy atom. The Labute approximate surface area is 177 Å². The van der Waals surface area contributed by atoms with Gasteiger partial charge in [-0.15, -0.1) is 0 Å². The Hall–Kier alpha value is -4.38. The molecular weight excluding hydrogens is 398 g/mol. The molecule has 0 bridgehead atoms. The summed E-state index contributed by atoms with van der Waals surface area (Å²) in [6, 6.07) is 17.8. The van der Waals surface area contributed by atoms with Gasteiger partial charge in [-0.1, -0.05) is 48.5 Å². The van der Waals surface area contributed by atoms with Crippen LogP contribution in [0.2, 0.25) is 0 Å². The summed E-state index contributed by atoms with van der Waals surface area (Å²) in [6.07, 6.45) is 2.92. The number of carboxylic acid groups (broad SMARTS) is 2. The largest absolute Gasteiger partial charge is 0.480 e. The zero-order valence-electron chi connectivity index (χ0n) is 16.4. The fourth-order valence-electron chi connectivity index (χ4n) is 3.30. The zero-order valence-corrected chi connectivity index (χ0v) is 16.4. The van der Waals surface area contributed by atoms with Gasteiger partial charge < -0.3 is 19.7 Å². The molecule has 0 saturated carbocycles. The van der Waals surface area contributed by atoms with Gasteiger partial charge in [-0.05, 0) is 17.7 Å². The summed E-state index contributed by atoms with van der Waals surface area (Å²) in [4.78, 5) is 36.6. The number of para-hydroxylation sites is 1. The molecule has 156 valence electrons. The van der Waals surface area contributed by atoms with Gasteiger partial charge >= 0.3 is 11.9 Å². The average Bonchev–Trinajstić information content (AvgIpc) is 3.08. The van der Waals surface area contributed by atoms with Crippen LogP contribution in [0.5, 0.6) is 0 Å². The van der Waals surface area contributed by atoms with E-state index in [2.05, 4.69) is 0 Å². The van der Waals surface area contributed by atoms with Crippen molar-refractivity contribution in [1.29, 1.82) is 5.26 Å². The van der Waals surface area contributed by atoms with Crippen LogP contribution in [0.4, 0.5) is 0 Å². The number of hydrogen-bond donors (Lipinski definition) is 2. The lowest BCUT2D eigenvalue weighted by atomic mass is 10.1. The first kappa shape index (κ1) is 21.3. The van der Waals surface area contributed by atoms with E-state index in [0.717, 1.165) is 10.5 Å². The molecule has 1 amide bonds. The van der Waals surface area contributed by atoms with E-state index in [0.29, 0.717) is 16.5 Å². The minimum absolute atomic E-state index is 0.0335. The van der Waals surface area contributed by atoms with E-state index >= 15 is 0 Å². The second-order valence-electron chi connectivity index (χ2n) is 6.83. The Morgan fingerprint density at radius 1 is 1.00 bits per heavy atom. The highest BCUT2D eigenvalue weighted by Crippen LogP contribution is 2.24. The number of benzene rings is 2. The maximum absolute atomic E-state index is 13.0. The first-order valence-corrected chi connectivity index (χ1v) is 9.35. The number of carbonyl (C=O) groups is 3. The van der Waals surface area contributed by atoms with E-state index in [-0.39, 0.29) is 18.7 Å². The van der Waals surface area contributed by atoms with Crippen molar-refractivity contribution in [1.82, 2.24) is 9.47 Å². The van der Waals surface area contributed by atoms with Crippen LogP contribution in [0.1, 0.15) is 11.1 Å². The van der Waals surface area contributed by atoms with Crippen molar-refractivity contribution in [2.45, 2.75) is 13.1 Å². The molecule has 0 unspecified atom stereocenters. The van der Waals surface area contributed by atoms with Gasteiger partial charge in [0.15, 0.2) is 0 Å². The van der Waals surface area contributed by atoms with Gasteiger partial charge in [-0.25, -0.2) is 0 Å². The summed E-state index contributed by atoms with van der Waals surface area (Å²) in [5, 5.41) is 28.7. The second kappa shape index (κ2) is 9.41. The van der Waals surface area contributed by atoms with Gasteiger partial charge in [0.1, 0.15) is 24.7 Å². The van der Waals surface area contributed by atoms with Crippen LogP contribution in [-0.4, -0.2) is 44.1 Å². The molecule has 0 aliphatic carbocycles. The van der Waals surface area contributed by atoms with Gasteiger partial charge in [0.05, 0.1) is 0 Å². The van der Waals surface area contributed by atoms with Gasteiger partial charge in [-0.3, -0.25) is 14.4 Å². The molecule has 8 heteroatoms. The Morgan fingerprint density at radius 3 is 2.32 bits per heavy atom. The van der Waals surface area contributed by atoms with Gasteiger partial charge in [0.25, 0.3) is 5.91 Å². The monoisotopic (exact) mass is 417 g/mol. The molecule has 1 heterocycles. The number of rotatable bonds is 8. The predicted molar refractivity (Wildman–Crippen MR) is 113 cm³/mol. The van der Waals surface area contributed by atoms with E-state index in [4.69, 9.17) is 5.11 Å². The summed E-state index contributed by atoms with van der Waals surface area (Å²) in [7, 11) is 0. The van der Waals surface area contributed by atoms with Crippen molar-refractivity contribution in [3.63, 3.8) is 0 Å². The van der Waals surface area contributed by atoms with E-state index in [1.807, 2.05) is 6.07 Å². The van der Waals surface area contributed by atoms with Crippen LogP contribution in [0.15, 0.2) is 66.4 Å². The second-order valence-corrected chi connectivity index (χ2v) is 6.83. The topological polar surface area (TPSA) is 124 Å². The summed E-state index contributed by atoms with van der Waals surface area (Å²) < 4.78 is 1.52. The minimum Gasteiger partial charge on any atom is -0.480 e. The van der Waals surface area contributed by atoms with Crippen molar-refractivity contribution in [2.24, 2.45) is 0 Å². The fraction of sp³-hybridized carbons (Fsp3) is 0.130. The molecule has 0 aliphatic rings. The normalized spacial score (nSPS) is 11.1. The number of carbonyl (C=O) groups excluding carboxylic acids is 1. The van der Waals surface area contributed by atoms with Crippen LogP contribution in [0, 0.1) is 11.3 Å². The Kier molecular flexibility index (Phi) is 6.48. The highest BCUT2D eigenvalue weighted by Gasteiger charge is 2.22. The zero-order chi connectivity index (χ0) is 22.4. The maximum Gasteiger partial charge on any atom is 0.323 e. The van der Waals surface area contributed by atoms with Gasteiger partial charge in [0, 0.05) is 29.2 Å². The van der Waals surface area contributed by atoms with Crippen LogP contribution in [0.3, 0.4) is 0 Å². The summed E-state index contributed by atoms with van der Waals surface area (Å²) >= 11 is 0. The molecule has 0 saturated heterocycles. The quantitative estimate of drug-likeness (QED) is 0.429. The third kappa shape index (κ3) is 5.16. The standard InChI is InChI=1S/C23H19N3O5/c24-11-17(23(31)26(15-22(29)30)12-16-6-2-1-3-7-16)10-18-13-25(14-21(27)28)20-9-5-4-8-19(18)20/h1-10,13H,12,14-15H2,(H,27,28)(H,29,30). The summed E-state index contributed by atoms with van der Waals surface area (Å²) in [5.41, 5.74) is 1.63. The molecule has 3 rings (SSSR count). The first-order chi connectivity index (χ1) is 14.9. The Bertz CT molecular complexity index is 1200. The predicted octanol–water partition coefficient (Wildman–Crippen LogP) is 2.75. The van der Waals surface area contributed by atoms with E-state index in [1.54, 1.807) is 60.8 Å². The van der Waals surface area contributed by atoms with E-state index in [9.17, 15) is 24.8 Å². The van der Waals surface area contributed by atoms with Gasteiger partial charge in [-0.2, -0.15) is 5.26 Å². The lowest BCUT2D eigenvalue weighted by Crippen LogP contribution is -2.35. The van der Waals surface area contributed by atoms with E-state index in [1.165, 1.54) is 10.6 Å². The molecule has 1 aromatic heterocycles. The third-order valence-corrected chi connectivity index (χ3v) is 4.61. The molecule has 0 atom stereocenters. The molecule has 0 radical (unpaired) electrons. The molecule has 8 nitrogen and oxygen atoms in total. The number of amides is 1. The third-order valence-electron chi connectivity index (χ3n) is 4.61. The number of aromatic nitrogens is 1. The van der Waals surface area contributed by atoms with Crippen molar-refractivity contribution in [3.05, 3.63) is 77.5 Å². The molecule has 31 heavy (non-hydrogen) atoms. The van der Waals surface area contributed by atoms with Crippen molar-refractivity contribution >= 4 is 34.8 Å². The van der Waals surface area contributed by atoms with Crippen molar-refractivity contribution in [3.8, 4) is 6.07 Å². The number of carboxylic acids is 2. The Balaban J connectivity index is 1.99. The molecule has 0 spiro atoms. The van der Waals surface area contributed by atoms with Crippen LogP contribution >= 0.6 is 0 Å². The molecule has 2 N–H and O–H groups in total. The molecule has 3 aromatic rings. The van der Waals surface area contributed by atoms with Crippen molar-refractivity contribution < 1.29 is 24.6 Å². The molecular formula is C23H19N3O5. The molecule has 0 fully saturated rings. The smallest absolute Gasteiger partial charge is 0.323 e. The SMILES string of the molecule is N#CC(=Cc1cn(CC(=O)O)c2ccccc12)C(=O)N(CC(=O)O)Cc1ccccc1. The lowest BCUT2D eigenvalue weighted by Gasteiger charge is -2.20. The van der Waals surface area contributed by atoms with Crippen molar-refractivity contribution in [2.75, 3.05) is 6.54 Å². The minimum atomic E-state index is -1.19. The number of fused-ring (bicyclic) bond motifs is 1. The summed E-state index contributed by atoms with van der Waals surface area (Å²) in [5.74, 6) is -2.94. The fourth-order valence-corrected chi connectivity index (χ4v) is 3.30. The maximum atomic E-state index is 13.0.